The largest absolute Gasteiger partial charge is 0.389 e. The summed E-state index contributed by atoms with van der Waals surface area (Å²) in [4.78, 5) is 4.38. The predicted octanol–water partition coefficient (Wildman–Crippen LogP) is 1.98. The maximum absolute atomic E-state index is 12.1. The Balaban J connectivity index is 2.09. The number of rotatable bonds is 5. The van der Waals surface area contributed by atoms with Gasteiger partial charge in [0.25, 0.3) is 0 Å². The van der Waals surface area contributed by atoms with Crippen LogP contribution in [0.4, 0.5) is 0 Å². The molecule has 1 unspecified atom stereocenters. The highest BCUT2D eigenvalue weighted by atomic mass is 32.2. The van der Waals surface area contributed by atoms with Gasteiger partial charge in [0.15, 0.2) is 0 Å². The third-order valence-corrected chi connectivity index (χ3v) is 5.02. The first-order valence-corrected chi connectivity index (χ1v) is 8.43. The standard InChI is InChI=1S/C13H16N2O3S2/c1-9(16)11-3-5-13(6-4-11)20(17,18)14-7-12-8-19-10(2)15-12/h3-6,8-9,14,16H,7H2,1-2H3. The van der Waals surface area contributed by atoms with Gasteiger partial charge >= 0.3 is 0 Å². The van der Waals surface area contributed by atoms with E-state index in [0.29, 0.717) is 11.3 Å². The quantitative estimate of drug-likeness (QED) is 0.885. The second-order valence-electron chi connectivity index (χ2n) is 4.43. The maximum Gasteiger partial charge on any atom is 0.240 e. The summed E-state index contributed by atoms with van der Waals surface area (Å²) < 4.78 is 26.7. The Bertz CT molecular complexity index is 676. The molecule has 0 aliphatic carbocycles. The second-order valence-corrected chi connectivity index (χ2v) is 7.26. The van der Waals surface area contributed by atoms with Crippen LogP contribution in [0.2, 0.25) is 0 Å². The van der Waals surface area contributed by atoms with Crippen LogP contribution in [0.5, 0.6) is 0 Å². The first kappa shape index (κ1) is 15.1. The molecule has 0 bridgehead atoms. The van der Waals surface area contributed by atoms with E-state index in [0.717, 1.165) is 5.01 Å². The van der Waals surface area contributed by atoms with E-state index in [-0.39, 0.29) is 11.4 Å². The fourth-order valence-corrected chi connectivity index (χ4v) is 3.28. The van der Waals surface area contributed by atoms with Crippen LogP contribution >= 0.6 is 11.3 Å². The van der Waals surface area contributed by atoms with Crippen molar-refractivity contribution in [2.24, 2.45) is 0 Å². The molecule has 0 amide bonds. The third-order valence-electron chi connectivity index (χ3n) is 2.78. The van der Waals surface area contributed by atoms with Crippen molar-refractivity contribution < 1.29 is 13.5 Å². The van der Waals surface area contributed by atoms with Crippen molar-refractivity contribution in [1.29, 1.82) is 0 Å². The molecule has 0 radical (unpaired) electrons. The number of benzene rings is 1. The number of hydrogen-bond donors (Lipinski definition) is 2. The van der Waals surface area contributed by atoms with E-state index in [1.165, 1.54) is 23.5 Å². The van der Waals surface area contributed by atoms with Gasteiger partial charge in [-0.05, 0) is 31.5 Å². The van der Waals surface area contributed by atoms with Gasteiger partial charge in [-0.3, -0.25) is 0 Å². The van der Waals surface area contributed by atoms with Crippen molar-refractivity contribution >= 4 is 21.4 Å². The van der Waals surface area contributed by atoms with Gasteiger partial charge in [0.2, 0.25) is 10.0 Å². The highest BCUT2D eigenvalue weighted by Gasteiger charge is 2.14. The summed E-state index contributed by atoms with van der Waals surface area (Å²) in [5.41, 5.74) is 1.38. The molecule has 1 aromatic carbocycles. The molecule has 0 spiro atoms. The average molecular weight is 312 g/mol. The number of nitrogens with zero attached hydrogens (tertiary/aromatic N) is 1. The van der Waals surface area contributed by atoms with Crippen LogP contribution < -0.4 is 4.72 Å². The van der Waals surface area contributed by atoms with Gasteiger partial charge in [-0.15, -0.1) is 11.3 Å². The lowest BCUT2D eigenvalue weighted by Gasteiger charge is -2.08. The van der Waals surface area contributed by atoms with E-state index in [9.17, 15) is 13.5 Å². The van der Waals surface area contributed by atoms with Gasteiger partial charge in [0.1, 0.15) is 0 Å². The zero-order chi connectivity index (χ0) is 14.8. The van der Waals surface area contributed by atoms with Crippen molar-refractivity contribution in [3.8, 4) is 0 Å². The van der Waals surface area contributed by atoms with E-state index >= 15 is 0 Å². The fraction of sp³-hybridized carbons (Fsp3) is 0.308. The fourth-order valence-electron chi connectivity index (χ4n) is 1.67. The Morgan fingerprint density at radius 1 is 1.35 bits per heavy atom. The molecular formula is C13H16N2O3S2. The monoisotopic (exact) mass is 312 g/mol. The van der Waals surface area contributed by atoms with Gasteiger partial charge in [-0.2, -0.15) is 0 Å². The number of thiazole rings is 1. The lowest BCUT2D eigenvalue weighted by Crippen LogP contribution is -2.23. The van der Waals surface area contributed by atoms with Gasteiger partial charge in [-0.25, -0.2) is 18.1 Å². The summed E-state index contributed by atoms with van der Waals surface area (Å²) in [6, 6.07) is 6.17. The van der Waals surface area contributed by atoms with Crippen LogP contribution in [0.3, 0.4) is 0 Å². The van der Waals surface area contributed by atoms with E-state index in [4.69, 9.17) is 0 Å². The van der Waals surface area contributed by atoms with E-state index in [1.54, 1.807) is 19.1 Å². The summed E-state index contributed by atoms with van der Waals surface area (Å²) >= 11 is 1.48. The number of aromatic nitrogens is 1. The van der Waals surface area contributed by atoms with Crippen molar-refractivity contribution in [3.05, 3.63) is 45.9 Å². The molecule has 1 heterocycles. The van der Waals surface area contributed by atoms with Crippen LogP contribution in [0.25, 0.3) is 0 Å². The number of hydrogen-bond acceptors (Lipinski definition) is 5. The zero-order valence-electron chi connectivity index (χ0n) is 11.2. The van der Waals surface area contributed by atoms with Crippen molar-refractivity contribution in [3.63, 3.8) is 0 Å². The highest BCUT2D eigenvalue weighted by Crippen LogP contribution is 2.16. The van der Waals surface area contributed by atoms with E-state index < -0.39 is 16.1 Å². The van der Waals surface area contributed by atoms with Gasteiger partial charge in [0.05, 0.1) is 28.2 Å². The minimum Gasteiger partial charge on any atom is -0.389 e. The molecule has 5 nitrogen and oxygen atoms in total. The molecule has 7 heteroatoms. The summed E-state index contributed by atoms with van der Waals surface area (Å²) in [6.07, 6.45) is -0.613. The Hall–Kier alpha value is -1.28. The lowest BCUT2D eigenvalue weighted by atomic mass is 10.1. The van der Waals surface area contributed by atoms with Crippen LogP contribution in [-0.4, -0.2) is 18.5 Å². The second kappa shape index (κ2) is 6.01. The molecule has 0 fully saturated rings. The predicted molar refractivity (Wildman–Crippen MR) is 78.0 cm³/mol. The molecule has 2 N–H and O–H groups in total. The number of aryl methyl sites for hydroxylation is 1. The molecule has 0 aliphatic heterocycles. The Labute approximate surface area is 122 Å². The van der Waals surface area contributed by atoms with Gasteiger partial charge < -0.3 is 5.11 Å². The van der Waals surface area contributed by atoms with E-state index in [1.807, 2.05) is 12.3 Å². The molecule has 1 atom stereocenters. The number of aliphatic hydroxyl groups is 1. The maximum atomic E-state index is 12.1. The molecule has 1 aromatic heterocycles. The first-order chi connectivity index (χ1) is 9.38. The SMILES string of the molecule is Cc1nc(CNS(=O)(=O)c2ccc(C(C)O)cc2)cs1. The van der Waals surface area contributed by atoms with Crippen LogP contribution in [0.1, 0.15) is 29.3 Å². The summed E-state index contributed by atoms with van der Waals surface area (Å²) in [5.74, 6) is 0. The molecule has 2 aromatic rings. The Morgan fingerprint density at radius 3 is 2.50 bits per heavy atom. The molecular weight excluding hydrogens is 296 g/mol. The number of nitrogens with one attached hydrogen (secondary N) is 1. The topological polar surface area (TPSA) is 79.3 Å². The van der Waals surface area contributed by atoms with Crippen molar-refractivity contribution in [1.82, 2.24) is 9.71 Å². The van der Waals surface area contributed by atoms with Crippen molar-refractivity contribution in [2.45, 2.75) is 31.4 Å². The Morgan fingerprint density at radius 2 is 2.00 bits per heavy atom. The minimum absolute atomic E-state index is 0.171. The summed E-state index contributed by atoms with van der Waals surface area (Å²) in [6.45, 7) is 3.68. The highest BCUT2D eigenvalue weighted by molar-refractivity contribution is 7.89. The molecule has 0 saturated carbocycles. The van der Waals surface area contributed by atoms with E-state index in [2.05, 4.69) is 9.71 Å². The average Bonchev–Trinajstić information content (AvgIpc) is 2.82. The van der Waals surface area contributed by atoms with Gasteiger partial charge in [0, 0.05) is 5.38 Å². The number of aliphatic hydroxyl groups excluding tert-OH is 1. The normalized spacial score (nSPS) is 13.3. The molecule has 108 valence electrons. The molecule has 2 rings (SSSR count). The smallest absolute Gasteiger partial charge is 0.240 e. The summed E-state index contributed by atoms with van der Waals surface area (Å²) in [7, 11) is -3.56. The van der Waals surface area contributed by atoms with Crippen molar-refractivity contribution in [2.75, 3.05) is 0 Å². The lowest BCUT2D eigenvalue weighted by molar-refractivity contribution is 0.199. The van der Waals surface area contributed by atoms with Crippen LogP contribution in [0, 0.1) is 6.92 Å². The summed E-state index contributed by atoms with van der Waals surface area (Å²) in [5, 5.41) is 12.1. The van der Waals surface area contributed by atoms with Crippen LogP contribution in [-0.2, 0) is 16.6 Å². The number of sulfonamides is 1. The van der Waals surface area contributed by atoms with Crippen LogP contribution in [0.15, 0.2) is 34.5 Å². The molecule has 0 aliphatic rings. The molecule has 0 saturated heterocycles. The Kier molecular flexibility index (Phi) is 4.54. The van der Waals surface area contributed by atoms with Gasteiger partial charge in [-0.1, -0.05) is 12.1 Å². The zero-order valence-corrected chi connectivity index (χ0v) is 12.8. The third kappa shape index (κ3) is 3.63. The molecule has 20 heavy (non-hydrogen) atoms. The minimum atomic E-state index is -3.56. The first-order valence-electron chi connectivity index (χ1n) is 6.07.